The van der Waals surface area contributed by atoms with Gasteiger partial charge in [0.2, 0.25) is 5.91 Å². The van der Waals surface area contributed by atoms with Crippen molar-refractivity contribution in [2.45, 2.75) is 33.1 Å². The zero-order valence-corrected chi connectivity index (χ0v) is 12.2. The van der Waals surface area contributed by atoms with Gasteiger partial charge in [0.05, 0.1) is 0 Å². The quantitative estimate of drug-likeness (QED) is 0.309. The number of carbonyl (C=O) groups excluding carboxylic acids is 1. The molecule has 0 saturated heterocycles. The molecule has 5 nitrogen and oxygen atoms in total. The monoisotopic (exact) mass is 283 g/mol. The van der Waals surface area contributed by atoms with Crippen molar-refractivity contribution < 1.29 is 10.0 Å². The summed E-state index contributed by atoms with van der Waals surface area (Å²) >= 11 is 1.66. The molecule has 0 radical (unpaired) electrons. The first kappa shape index (κ1) is 15.5. The van der Waals surface area contributed by atoms with Gasteiger partial charge in [-0.15, -0.1) is 11.3 Å². The average Bonchev–Trinajstić information content (AvgIpc) is 2.93. The maximum Gasteiger partial charge on any atom is 0.233 e. The van der Waals surface area contributed by atoms with Crippen LogP contribution in [-0.2, 0) is 11.2 Å². The Kier molecular flexibility index (Phi) is 5.82. The second-order valence-corrected chi connectivity index (χ2v) is 5.39. The van der Waals surface area contributed by atoms with E-state index in [1.807, 2.05) is 31.4 Å². The third kappa shape index (κ3) is 3.47. The van der Waals surface area contributed by atoms with Crippen molar-refractivity contribution in [1.29, 1.82) is 0 Å². The van der Waals surface area contributed by atoms with Crippen LogP contribution in [0.25, 0.3) is 0 Å². The third-order valence-corrected chi connectivity index (χ3v) is 4.41. The number of nitrogens with one attached hydrogen (secondary N) is 1. The Hall–Kier alpha value is -1.56. The lowest BCUT2D eigenvalue weighted by atomic mass is 9.80. The molecule has 0 saturated carbocycles. The van der Waals surface area contributed by atoms with Crippen molar-refractivity contribution >= 4 is 23.1 Å². The van der Waals surface area contributed by atoms with Crippen molar-refractivity contribution in [3.63, 3.8) is 0 Å². The summed E-state index contributed by atoms with van der Waals surface area (Å²) in [7, 11) is 0. The molecule has 1 rings (SSSR count). The van der Waals surface area contributed by atoms with Crippen molar-refractivity contribution in [3.05, 3.63) is 22.4 Å². The predicted octanol–water partition coefficient (Wildman–Crippen LogP) is 1.96. The van der Waals surface area contributed by atoms with Gasteiger partial charge in [-0.25, -0.2) is 0 Å². The van der Waals surface area contributed by atoms with Gasteiger partial charge in [-0.3, -0.25) is 4.79 Å². The highest BCUT2D eigenvalue weighted by atomic mass is 32.1. The first-order chi connectivity index (χ1) is 9.10. The van der Waals surface area contributed by atoms with E-state index in [1.165, 1.54) is 4.88 Å². The topological polar surface area (TPSA) is 87.7 Å². The van der Waals surface area contributed by atoms with E-state index in [1.54, 1.807) is 11.3 Å². The molecule has 0 atom stereocenters. The normalized spacial score (nSPS) is 12.4. The van der Waals surface area contributed by atoms with E-state index >= 15 is 0 Å². The van der Waals surface area contributed by atoms with E-state index in [2.05, 4.69) is 10.5 Å². The Balaban J connectivity index is 2.63. The van der Waals surface area contributed by atoms with E-state index in [0.29, 0.717) is 19.4 Å². The zero-order valence-electron chi connectivity index (χ0n) is 11.3. The van der Waals surface area contributed by atoms with Crippen LogP contribution in [0.4, 0.5) is 0 Å². The van der Waals surface area contributed by atoms with E-state index in [4.69, 9.17) is 10.9 Å². The summed E-state index contributed by atoms with van der Waals surface area (Å²) in [6.07, 6.45) is 1.80. The van der Waals surface area contributed by atoms with Crippen LogP contribution in [0, 0.1) is 5.41 Å². The number of thiophene rings is 1. The second kappa shape index (κ2) is 7.13. The largest absolute Gasteiger partial charge is 0.409 e. The van der Waals surface area contributed by atoms with Gasteiger partial charge in [0.1, 0.15) is 5.41 Å². The summed E-state index contributed by atoms with van der Waals surface area (Å²) in [5.41, 5.74) is 4.77. The summed E-state index contributed by atoms with van der Waals surface area (Å²) < 4.78 is 0. The summed E-state index contributed by atoms with van der Waals surface area (Å²) in [6.45, 7) is 4.28. The fraction of sp³-hybridized carbons (Fsp3) is 0.538. The minimum Gasteiger partial charge on any atom is -0.409 e. The molecule has 0 aliphatic heterocycles. The molecule has 0 aliphatic carbocycles. The summed E-state index contributed by atoms with van der Waals surface area (Å²) in [4.78, 5) is 13.5. The molecule has 0 spiro atoms. The number of hydrogen-bond acceptors (Lipinski definition) is 4. The molecule has 0 fully saturated rings. The standard InChI is InChI=1S/C13H21N3O2S/c1-3-13(4-2,11(14)16-18)12(17)15-8-7-10-6-5-9-19-10/h5-6,9,18H,3-4,7-8H2,1-2H3,(H2,14,16)(H,15,17). The molecule has 6 heteroatoms. The van der Waals surface area contributed by atoms with Crippen LogP contribution >= 0.6 is 11.3 Å². The van der Waals surface area contributed by atoms with Gasteiger partial charge in [-0.1, -0.05) is 25.1 Å². The third-order valence-electron chi connectivity index (χ3n) is 3.48. The smallest absolute Gasteiger partial charge is 0.233 e. The number of oxime groups is 1. The van der Waals surface area contributed by atoms with Gasteiger partial charge in [0, 0.05) is 11.4 Å². The number of amides is 1. The molecule has 0 bridgehead atoms. The number of carbonyl (C=O) groups is 1. The van der Waals surface area contributed by atoms with E-state index in [-0.39, 0.29) is 11.7 Å². The Morgan fingerprint density at radius 3 is 2.68 bits per heavy atom. The number of hydrogen-bond donors (Lipinski definition) is 3. The number of amidine groups is 1. The fourth-order valence-electron chi connectivity index (χ4n) is 2.07. The van der Waals surface area contributed by atoms with Gasteiger partial charge in [-0.05, 0) is 30.7 Å². The molecule has 19 heavy (non-hydrogen) atoms. The van der Waals surface area contributed by atoms with Gasteiger partial charge in [-0.2, -0.15) is 0 Å². The number of nitrogens with zero attached hydrogens (tertiary/aromatic N) is 1. The van der Waals surface area contributed by atoms with Crippen LogP contribution in [0.1, 0.15) is 31.6 Å². The first-order valence-electron chi connectivity index (χ1n) is 6.39. The maximum atomic E-state index is 12.3. The van der Waals surface area contributed by atoms with E-state index in [0.717, 1.165) is 6.42 Å². The number of rotatable bonds is 7. The van der Waals surface area contributed by atoms with Crippen LogP contribution in [0.15, 0.2) is 22.7 Å². The molecule has 1 aromatic heterocycles. The second-order valence-electron chi connectivity index (χ2n) is 4.36. The minimum atomic E-state index is -0.913. The number of nitrogens with two attached hydrogens (primary N) is 1. The predicted molar refractivity (Wildman–Crippen MR) is 77.5 cm³/mol. The Labute approximate surface area is 117 Å². The van der Waals surface area contributed by atoms with Crippen LogP contribution in [0.3, 0.4) is 0 Å². The molecule has 1 amide bonds. The summed E-state index contributed by atoms with van der Waals surface area (Å²) in [5.74, 6) is -0.199. The Morgan fingerprint density at radius 1 is 1.53 bits per heavy atom. The molecule has 0 aliphatic rings. The highest BCUT2D eigenvalue weighted by molar-refractivity contribution is 7.09. The van der Waals surface area contributed by atoms with E-state index in [9.17, 15) is 4.79 Å². The maximum absolute atomic E-state index is 12.3. The van der Waals surface area contributed by atoms with Crippen LogP contribution in [-0.4, -0.2) is 23.5 Å². The molecule has 4 N–H and O–H groups in total. The van der Waals surface area contributed by atoms with Gasteiger partial charge in [0.25, 0.3) is 0 Å². The molecular formula is C13H21N3O2S. The first-order valence-corrected chi connectivity index (χ1v) is 7.27. The van der Waals surface area contributed by atoms with Crippen molar-refractivity contribution in [3.8, 4) is 0 Å². The Bertz CT molecular complexity index is 425. The minimum absolute atomic E-state index is 0.0221. The average molecular weight is 283 g/mol. The fourth-order valence-corrected chi connectivity index (χ4v) is 2.78. The van der Waals surface area contributed by atoms with Crippen molar-refractivity contribution in [1.82, 2.24) is 5.32 Å². The van der Waals surface area contributed by atoms with Gasteiger partial charge >= 0.3 is 0 Å². The Morgan fingerprint density at radius 2 is 2.21 bits per heavy atom. The van der Waals surface area contributed by atoms with E-state index < -0.39 is 5.41 Å². The van der Waals surface area contributed by atoms with Gasteiger partial charge < -0.3 is 16.3 Å². The molecule has 0 aromatic carbocycles. The summed E-state index contributed by atoms with van der Waals surface area (Å²) in [6, 6.07) is 4.02. The van der Waals surface area contributed by atoms with Crippen LogP contribution in [0.2, 0.25) is 0 Å². The molecule has 106 valence electrons. The van der Waals surface area contributed by atoms with Crippen LogP contribution in [0.5, 0.6) is 0 Å². The van der Waals surface area contributed by atoms with Crippen molar-refractivity contribution in [2.75, 3.05) is 6.54 Å². The van der Waals surface area contributed by atoms with Gasteiger partial charge in [0.15, 0.2) is 5.84 Å². The molecule has 1 heterocycles. The molecule has 0 unspecified atom stereocenters. The summed E-state index contributed by atoms with van der Waals surface area (Å²) in [5, 5.41) is 16.7. The molecular weight excluding hydrogens is 262 g/mol. The highest BCUT2D eigenvalue weighted by Crippen LogP contribution is 2.27. The van der Waals surface area contributed by atoms with Crippen LogP contribution < -0.4 is 11.1 Å². The highest BCUT2D eigenvalue weighted by Gasteiger charge is 2.39. The lowest BCUT2D eigenvalue weighted by molar-refractivity contribution is -0.127. The molecule has 1 aromatic rings. The SMILES string of the molecule is CCC(CC)(C(=O)NCCc1cccs1)C(N)=NO. The zero-order chi connectivity index (χ0) is 14.3. The lowest BCUT2D eigenvalue weighted by Crippen LogP contribution is -2.49. The van der Waals surface area contributed by atoms with Crippen molar-refractivity contribution in [2.24, 2.45) is 16.3 Å². The lowest BCUT2D eigenvalue weighted by Gasteiger charge is -2.28.